The second-order valence-corrected chi connectivity index (χ2v) is 14.7. The lowest BCUT2D eigenvalue weighted by Gasteiger charge is -2.40. The third kappa shape index (κ3) is 7.78. The molecule has 0 saturated carbocycles. The lowest BCUT2D eigenvalue weighted by atomic mass is 9.74. The zero-order valence-electron chi connectivity index (χ0n) is 30.5. The number of halogens is 2. The van der Waals surface area contributed by atoms with E-state index in [-0.39, 0.29) is 5.91 Å². The highest BCUT2D eigenvalue weighted by Crippen LogP contribution is 2.41. The minimum Gasteiger partial charge on any atom is -0.334 e. The molecule has 7 aromatic carbocycles. The molecule has 274 valence electrons. The Labute approximate surface area is 337 Å². The van der Waals surface area contributed by atoms with Gasteiger partial charge in [0, 0.05) is 27.6 Å². The van der Waals surface area contributed by atoms with Crippen molar-refractivity contribution in [3.05, 3.63) is 238 Å². The van der Waals surface area contributed by atoms with Gasteiger partial charge in [-0.2, -0.15) is 0 Å². The fourth-order valence-electron chi connectivity index (χ4n) is 7.60. The summed E-state index contributed by atoms with van der Waals surface area (Å²) < 4.78 is 4.13. The molecule has 1 N–H and O–H groups in total. The minimum atomic E-state index is -1.16. The Morgan fingerprint density at radius 2 is 1.09 bits per heavy atom. The summed E-state index contributed by atoms with van der Waals surface area (Å²) in [7, 11) is 0. The van der Waals surface area contributed by atoms with Crippen molar-refractivity contribution in [3.63, 3.8) is 0 Å². The van der Waals surface area contributed by atoms with Gasteiger partial charge in [0.25, 0.3) is 5.91 Å². The zero-order chi connectivity index (χ0) is 38.3. The second-order valence-electron chi connectivity index (χ2n) is 13.8. The van der Waals surface area contributed by atoms with Crippen LogP contribution in [0, 0.1) is 0 Å². The van der Waals surface area contributed by atoms with Crippen molar-refractivity contribution in [3.8, 4) is 22.4 Å². The van der Waals surface area contributed by atoms with Crippen LogP contribution in [0.3, 0.4) is 0 Å². The fraction of sp³-hybridized carbons (Fsp3) is 0.0816. The molecule has 0 fully saturated rings. The molecule has 0 saturated heterocycles. The molecule has 7 heteroatoms. The van der Waals surface area contributed by atoms with Crippen LogP contribution in [0.25, 0.3) is 22.4 Å². The Morgan fingerprint density at radius 1 is 0.607 bits per heavy atom. The Bertz CT molecular complexity index is 2490. The van der Waals surface area contributed by atoms with Crippen molar-refractivity contribution in [2.75, 3.05) is 0 Å². The van der Waals surface area contributed by atoms with E-state index < -0.39 is 11.6 Å². The molecule has 8 aromatic rings. The Balaban J connectivity index is 1.41. The molecule has 0 aliphatic rings. The number of carbonyl (C=O) groups excluding carboxylic acids is 1. The maximum atomic E-state index is 14.8. The van der Waals surface area contributed by atoms with E-state index in [4.69, 9.17) is 28.4 Å². The summed E-state index contributed by atoms with van der Waals surface area (Å²) >= 11 is 13.0. The van der Waals surface area contributed by atoms with Gasteiger partial charge in [0.05, 0.1) is 5.21 Å². The topological polar surface area (TPSA) is 50.8 Å². The standard InChI is InChI=1S/C49H38Cl2N4O/c50-42-31-39(32-43(51)33-42)48(56)52-49(40-24-12-4-13-25-40,41-26-14-5-15-27-41)47(30-36-18-6-1-7-19-36)55-35-46(54(53-55)34-37-20-8-2-9-21-37)45-29-17-16-28-44(45)38-22-10-3-11-23-38/h1-29,31-33,35,47H,30,34H2/p+1/t47-/m0/s1. The van der Waals surface area contributed by atoms with Crippen LogP contribution in [0.4, 0.5) is 0 Å². The number of hydrogen-bond donors (Lipinski definition) is 1. The molecule has 0 aliphatic carbocycles. The number of amides is 1. The molecule has 0 bridgehead atoms. The van der Waals surface area contributed by atoms with Gasteiger partial charge in [-0.1, -0.05) is 193 Å². The first kappa shape index (κ1) is 36.7. The van der Waals surface area contributed by atoms with Crippen LogP contribution < -0.4 is 10.00 Å². The van der Waals surface area contributed by atoms with E-state index >= 15 is 0 Å². The molecule has 1 aromatic heterocycles. The van der Waals surface area contributed by atoms with E-state index in [0.717, 1.165) is 44.6 Å². The van der Waals surface area contributed by atoms with Crippen molar-refractivity contribution < 1.29 is 9.48 Å². The van der Waals surface area contributed by atoms with Gasteiger partial charge in [0.15, 0.2) is 17.9 Å². The Hall–Kier alpha value is -6.27. The quantitative estimate of drug-likeness (QED) is 0.126. The van der Waals surface area contributed by atoms with Gasteiger partial charge < -0.3 is 5.32 Å². The van der Waals surface area contributed by atoms with Crippen molar-refractivity contribution in [2.45, 2.75) is 24.5 Å². The molecule has 1 heterocycles. The fourth-order valence-corrected chi connectivity index (χ4v) is 8.13. The summed E-state index contributed by atoms with van der Waals surface area (Å²) in [5.41, 5.74) is 7.38. The number of aromatic nitrogens is 3. The first-order valence-corrected chi connectivity index (χ1v) is 19.3. The summed E-state index contributed by atoms with van der Waals surface area (Å²) in [5.74, 6) is -0.320. The lowest BCUT2D eigenvalue weighted by molar-refractivity contribution is -0.785. The van der Waals surface area contributed by atoms with Gasteiger partial charge in [-0.05, 0) is 57.6 Å². The van der Waals surface area contributed by atoms with Gasteiger partial charge in [-0.15, -0.1) is 9.36 Å². The van der Waals surface area contributed by atoms with E-state index in [9.17, 15) is 4.79 Å². The predicted octanol–water partition coefficient (Wildman–Crippen LogP) is 11.0. The molecule has 0 spiro atoms. The first-order valence-electron chi connectivity index (χ1n) is 18.6. The van der Waals surface area contributed by atoms with E-state index in [1.165, 1.54) is 0 Å². The summed E-state index contributed by atoms with van der Waals surface area (Å²) in [6.45, 7) is 0.529. The molecule has 0 aliphatic heterocycles. The number of carbonyl (C=O) groups is 1. The van der Waals surface area contributed by atoms with Crippen molar-refractivity contribution >= 4 is 29.1 Å². The van der Waals surface area contributed by atoms with Gasteiger partial charge in [0.2, 0.25) is 0 Å². The van der Waals surface area contributed by atoms with Crippen LogP contribution in [0.2, 0.25) is 10.0 Å². The maximum absolute atomic E-state index is 14.8. The van der Waals surface area contributed by atoms with Crippen LogP contribution in [-0.4, -0.2) is 15.8 Å². The number of rotatable bonds is 12. The largest absolute Gasteiger partial charge is 0.334 e. The number of benzene rings is 7. The highest BCUT2D eigenvalue weighted by atomic mass is 35.5. The highest BCUT2D eigenvalue weighted by Gasteiger charge is 2.49. The average Bonchev–Trinajstić information content (AvgIpc) is 3.66. The van der Waals surface area contributed by atoms with Gasteiger partial charge >= 0.3 is 0 Å². The van der Waals surface area contributed by atoms with Gasteiger partial charge in [-0.25, -0.2) is 0 Å². The molecule has 5 nitrogen and oxygen atoms in total. The smallest absolute Gasteiger partial charge is 0.252 e. The van der Waals surface area contributed by atoms with Crippen molar-refractivity contribution in [1.82, 2.24) is 15.2 Å². The first-order chi connectivity index (χ1) is 27.5. The average molecular weight is 771 g/mol. The van der Waals surface area contributed by atoms with Crippen LogP contribution in [0.5, 0.6) is 0 Å². The van der Waals surface area contributed by atoms with Crippen LogP contribution >= 0.6 is 23.2 Å². The van der Waals surface area contributed by atoms with E-state index in [2.05, 4.69) is 130 Å². The molecule has 1 amide bonds. The summed E-state index contributed by atoms with van der Waals surface area (Å²) in [6, 6.07) is 64.4. The summed E-state index contributed by atoms with van der Waals surface area (Å²) in [6.07, 6.45) is 2.66. The van der Waals surface area contributed by atoms with E-state index in [1.54, 1.807) is 18.2 Å². The normalized spacial score (nSPS) is 11.9. The molecule has 8 rings (SSSR count). The number of hydrogen-bond acceptors (Lipinski definition) is 2. The number of nitrogens with one attached hydrogen (secondary N) is 1. The van der Waals surface area contributed by atoms with Crippen molar-refractivity contribution in [1.29, 1.82) is 0 Å². The van der Waals surface area contributed by atoms with Crippen LogP contribution in [-0.2, 0) is 18.5 Å². The van der Waals surface area contributed by atoms with E-state index in [1.807, 2.05) is 66.7 Å². The summed E-state index contributed by atoms with van der Waals surface area (Å²) in [4.78, 5) is 14.8. The molecule has 0 radical (unpaired) electrons. The molecule has 56 heavy (non-hydrogen) atoms. The van der Waals surface area contributed by atoms with Gasteiger partial charge in [0.1, 0.15) is 12.1 Å². The minimum absolute atomic E-state index is 0.320. The van der Waals surface area contributed by atoms with Crippen LogP contribution in [0.15, 0.2) is 200 Å². The molecular formula is C49H39Cl2N4O+. The van der Waals surface area contributed by atoms with Gasteiger partial charge in [-0.3, -0.25) is 4.79 Å². The molecule has 1 atom stereocenters. The zero-order valence-corrected chi connectivity index (χ0v) is 32.1. The predicted molar refractivity (Wildman–Crippen MR) is 226 cm³/mol. The number of nitrogens with zero attached hydrogens (tertiary/aromatic N) is 3. The SMILES string of the molecule is O=C(NC(c1ccccc1)(c1ccccc1)[C@H](Cc1ccccc1)[n+]1cc(-c2ccccc2-c2ccccc2)n(Cc2ccccc2)n1)c1cc(Cl)cc(Cl)c1. The third-order valence-electron chi connectivity index (χ3n) is 10.2. The second kappa shape index (κ2) is 16.6. The third-order valence-corrected chi connectivity index (χ3v) is 10.6. The monoisotopic (exact) mass is 769 g/mol. The lowest BCUT2D eigenvalue weighted by Crippen LogP contribution is -2.62. The van der Waals surface area contributed by atoms with Crippen LogP contribution in [0.1, 0.15) is 38.7 Å². The molecular weight excluding hydrogens is 731 g/mol. The van der Waals surface area contributed by atoms with E-state index in [0.29, 0.717) is 28.6 Å². The maximum Gasteiger partial charge on any atom is 0.252 e. The Morgan fingerprint density at radius 3 is 1.66 bits per heavy atom. The summed E-state index contributed by atoms with van der Waals surface area (Å²) in [5, 5.41) is 9.82. The van der Waals surface area contributed by atoms with Crippen molar-refractivity contribution in [2.24, 2.45) is 0 Å². The Kier molecular flexibility index (Phi) is 10.9. The highest BCUT2D eigenvalue weighted by molar-refractivity contribution is 6.35. The molecule has 0 unspecified atom stereocenters.